The predicted molar refractivity (Wildman–Crippen MR) is 62.8 cm³/mol. The monoisotopic (exact) mass is 234 g/mol. The van der Waals surface area contributed by atoms with Crippen LogP contribution in [0.25, 0.3) is 0 Å². The van der Waals surface area contributed by atoms with E-state index in [1.165, 1.54) is 12.3 Å². The van der Waals surface area contributed by atoms with Gasteiger partial charge in [-0.05, 0) is 24.6 Å². The summed E-state index contributed by atoms with van der Waals surface area (Å²) in [5, 5.41) is 3.36. The summed E-state index contributed by atoms with van der Waals surface area (Å²) in [4.78, 5) is 4.09. The Morgan fingerprint density at radius 3 is 2.88 bits per heavy atom. The molecule has 0 aliphatic carbocycles. The van der Waals surface area contributed by atoms with Gasteiger partial charge in [0, 0.05) is 18.2 Å². The summed E-state index contributed by atoms with van der Waals surface area (Å²) < 4.78 is 17.8. The highest BCUT2D eigenvalue weighted by Crippen LogP contribution is 2.15. The number of rotatable bonds is 5. The minimum atomic E-state index is -0.307. The molecule has 1 unspecified atom stereocenters. The maximum Gasteiger partial charge on any atom is 0.141 e. The lowest BCUT2D eigenvalue weighted by Crippen LogP contribution is -2.21. The highest BCUT2D eigenvalue weighted by molar-refractivity contribution is 5.11. The van der Waals surface area contributed by atoms with Gasteiger partial charge < -0.3 is 9.73 Å². The molecule has 0 aliphatic rings. The van der Waals surface area contributed by atoms with E-state index < -0.39 is 0 Å². The van der Waals surface area contributed by atoms with Gasteiger partial charge >= 0.3 is 0 Å². The summed E-state index contributed by atoms with van der Waals surface area (Å²) in [6, 6.07) is 5.19. The van der Waals surface area contributed by atoms with Crippen molar-refractivity contribution in [1.29, 1.82) is 0 Å². The number of pyridine rings is 1. The van der Waals surface area contributed by atoms with E-state index in [0.717, 1.165) is 17.7 Å². The molecule has 0 saturated carbocycles. The first-order valence-electron chi connectivity index (χ1n) is 5.65. The Morgan fingerprint density at radius 1 is 1.41 bits per heavy atom. The van der Waals surface area contributed by atoms with Crippen molar-refractivity contribution in [3.05, 3.63) is 54.0 Å². The fourth-order valence-electron chi connectivity index (χ4n) is 1.69. The van der Waals surface area contributed by atoms with Gasteiger partial charge in [0.2, 0.25) is 0 Å². The first kappa shape index (κ1) is 11.8. The number of nitrogens with one attached hydrogen (secondary N) is 1. The van der Waals surface area contributed by atoms with Crippen molar-refractivity contribution < 1.29 is 8.81 Å². The highest BCUT2D eigenvalue weighted by Gasteiger charge is 2.10. The summed E-state index contributed by atoms with van der Waals surface area (Å²) in [6.07, 6.45) is 5.50. The Balaban J connectivity index is 1.99. The molecule has 2 heterocycles. The van der Waals surface area contributed by atoms with E-state index in [1.54, 1.807) is 18.6 Å². The molecule has 0 spiro atoms. The van der Waals surface area contributed by atoms with E-state index in [2.05, 4.69) is 17.2 Å². The largest absolute Gasteiger partial charge is 0.472 e. The molecule has 1 atom stereocenters. The Morgan fingerprint density at radius 2 is 2.29 bits per heavy atom. The Labute approximate surface area is 99.7 Å². The average Bonchev–Trinajstić information content (AvgIpc) is 2.85. The Hall–Kier alpha value is -1.68. The Kier molecular flexibility index (Phi) is 3.88. The number of hydrogen-bond acceptors (Lipinski definition) is 3. The number of aromatic nitrogens is 1. The number of furan rings is 1. The maximum absolute atomic E-state index is 12.8. The molecule has 0 amide bonds. The molecule has 0 aromatic carbocycles. The van der Waals surface area contributed by atoms with E-state index >= 15 is 0 Å². The summed E-state index contributed by atoms with van der Waals surface area (Å²) in [6.45, 7) is 2.78. The van der Waals surface area contributed by atoms with E-state index in [1.807, 2.05) is 6.07 Å². The molecule has 3 nitrogen and oxygen atoms in total. The van der Waals surface area contributed by atoms with Crippen molar-refractivity contribution in [2.75, 3.05) is 0 Å². The topological polar surface area (TPSA) is 38.1 Å². The zero-order chi connectivity index (χ0) is 12.1. The van der Waals surface area contributed by atoms with Crippen LogP contribution >= 0.6 is 0 Å². The van der Waals surface area contributed by atoms with Crippen molar-refractivity contribution in [1.82, 2.24) is 10.3 Å². The smallest absolute Gasteiger partial charge is 0.141 e. The highest BCUT2D eigenvalue weighted by atomic mass is 19.1. The number of halogens is 1. The second kappa shape index (κ2) is 5.59. The van der Waals surface area contributed by atoms with Gasteiger partial charge in [-0.2, -0.15) is 0 Å². The van der Waals surface area contributed by atoms with Crippen LogP contribution in [0.1, 0.15) is 30.6 Å². The van der Waals surface area contributed by atoms with Gasteiger partial charge in [-0.3, -0.25) is 4.98 Å². The molecule has 2 aromatic rings. The standard InChI is InChI=1S/C13H15FN2O/c1-2-12(13-4-3-11(14)8-16-13)15-7-10-5-6-17-9-10/h3-6,8-9,12,15H,2,7H2,1H3. The van der Waals surface area contributed by atoms with Crippen LogP contribution in [0.5, 0.6) is 0 Å². The lowest BCUT2D eigenvalue weighted by molar-refractivity contribution is 0.499. The van der Waals surface area contributed by atoms with Crippen molar-refractivity contribution >= 4 is 0 Å². The summed E-state index contributed by atoms with van der Waals surface area (Å²) in [5.74, 6) is -0.307. The van der Waals surface area contributed by atoms with E-state index in [-0.39, 0.29) is 11.9 Å². The van der Waals surface area contributed by atoms with Gasteiger partial charge in [-0.25, -0.2) is 4.39 Å². The third kappa shape index (κ3) is 3.14. The van der Waals surface area contributed by atoms with Gasteiger partial charge in [0.25, 0.3) is 0 Å². The van der Waals surface area contributed by atoms with Gasteiger partial charge in [-0.1, -0.05) is 6.92 Å². The second-order valence-corrected chi connectivity index (χ2v) is 3.87. The molecule has 0 saturated heterocycles. The van der Waals surface area contributed by atoms with Crippen molar-refractivity contribution in [3.63, 3.8) is 0 Å². The average molecular weight is 234 g/mol. The van der Waals surface area contributed by atoms with Crippen LogP contribution in [-0.4, -0.2) is 4.98 Å². The SMILES string of the molecule is CCC(NCc1ccoc1)c1ccc(F)cn1. The normalized spacial score (nSPS) is 12.6. The molecule has 0 bridgehead atoms. The van der Waals surface area contributed by atoms with Crippen LogP contribution in [0.2, 0.25) is 0 Å². The maximum atomic E-state index is 12.8. The molecule has 0 fully saturated rings. The second-order valence-electron chi connectivity index (χ2n) is 3.87. The zero-order valence-corrected chi connectivity index (χ0v) is 9.69. The molecule has 4 heteroatoms. The number of hydrogen-bond donors (Lipinski definition) is 1. The van der Waals surface area contributed by atoms with E-state index in [9.17, 15) is 4.39 Å². The molecule has 0 aliphatic heterocycles. The number of nitrogens with zero attached hydrogens (tertiary/aromatic N) is 1. The van der Waals surface area contributed by atoms with Crippen LogP contribution in [0, 0.1) is 5.82 Å². The third-order valence-electron chi connectivity index (χ3n) is 2.65. The molecule has 0 radical (unpaired) electrons. The molecule has 2 aromatic heterocycles. The minimum absolute atomic E-state index is 0.130. The van der Waals surface area contributed by atoms with E-state index in [4.69, 9.17) is 4.42 Å². The molecule has 90 valence electrons. The summed E-state index contributed by atoms with van der Waals surface area (Å²) >= 11 is 0. The van der Waals surface area contributed by atoms with Gasteiger partial charge in [0.1, 0.15) is 5.82 Å². The van der Waals surface area contributed by atoms with Crippen LogP contribution < -0.4 is 5.32 Å². The van der Waals surface area contributed by atoms with Crippen LogP contribution in [0.3, 0.4) is 0 Å². The first-order chi connectivity index (χ1) is 8.29. The quantitative estimate of drug-likeness (QED) is 0.864. The van der Waals surface area contributed by atoms with Crippen molar-refractivity contribution in [2.45, 2.75) is 25.9 Å². The molecular formula is C13H15FN2O. The molecular weight excluding hydrogens is 219 g/mol. The predicted octanol–water partition coefficient (Wildman–Crippen LogP) is 3.05. The Bertz CT molecular complexity index is 439. The van der Waals surface area contributed by atoms with E-state index in [0.29, 0.717) is 6.54 Å². The zero-order valence-electron chi connectivity index (χ0n) is 9.69. The minimum Gasteiger partial charge on any atom is -0.472 e. The molecule has 2 rings (SSSR count). The van der Waals surface area contributed by atoms with Gasteiger partial charge in [-0.15, -0.1) is 0 Å². The lowest BCUT2D eigenvalue weighted by Gasteiger charge is -2.15. The summed E-state index contributed by atoms with van der Waals surface area (Å²) in [7, 11) is 0. The van der Waals surface area contributed by atoms with Crippen LogP contribution in [-0.2, 0) is 6.54 Å². The van der Waals surface area contributed by atoms with Crippen LogP contribution in [0.4, 0.5) is 4.39 Å². The van der Waals surface area contributed by atoms with Crippen LogP contribution in [0.15, 0.2) is 41.3 Å². The molecule has 17 heavy (non-hydrogen) atoms. The van der Waals surface area contributed by atoms with Gasteiger partial charge in [0.15, 0.2) is 0 Å². The van der Waals surface area contributed by atoms with Crippen molar-refractivity contribution in [2.24, 2.45) is 0 Å². The molecule has 1 N–H and O–H groups in total. The van der Waals surface area contributed by atoms with Crippen molar-refractivity contribution in [3.8, 4) is 0 Å². The lowest BCUT2D eigenvalue weighted by atomic mass is 10.1. The van der Waals surface area contributed by atoms with Gasteiger partial charge in [0.05, 0.1) is 24.4 Å². The summed E-state index contributed by atoms with van der Waals surface area (Å²) in [5.41, 5.74) is 1.95. The fraction of sp³-hybridized carbons (Fsp3) is 0.308. The first-order valence-corrected chi connectivity index (χ1v) is 5.65. The third-order valence-corrected chi connectivity index (χ3v) is 2.65. The fourth-order valence-corrected chi connectivity index (χ4v) is 1.69.